The first-order valence-corrected chi connectivity index (χ1v) is 8.43. The third-order valence-electron chi connectivity index (χ3n) is 6.81. The van der Waals surface area contributed by atoms with Crippen LogP contribution in [0.15, 0.2) is 24.3 Å². The SMILES string of the molecule is O=C(C1CCc2ccccc2C1)C1C2C3CCC(C3)C12. The zero-order chi connectivity index (χ0) is 13.3. The summed E-state index contributed by atoms with van der Waals surface area (Å²) in [5.74, 6) is 4.95. The molecule has 104 valence electrons. The van der Waals surface area contributed by atoms with E-state index in [0.717, 1.165) is 42.9 Å². The van der Waals surface area contributed by atoms with Crippen LogP contribution in [0.2, 0.25) is 0 Å². The lowest BCUT2D eigenvalue weighted by Crippen LogP contribution is -2.26. The van der Waals surface area contributed by atoms with Crippen molar-refractivity contribution < 1.29 is 4.79 Å². The summed E-state index contributed by atoms with van der Waals surface area (Å²) in [6.45, 7) is 0. The van der Waals surface area contributed by atoms with Crippen LogP contribution in [-0.2, 0) is 17.6 Å². The molecule has 4 aliphatic carbocycles. The van der Waals surface area contributed by atoms with Gasteiger partial charge in [0.05, 0.1) is 0 Å². The van der Waals surface area contributed by atoms with Crippen molar-refractivity contribution in [3.05, 3.63) is 35.4 Å². The molecule has 0 spiro atoms. The molecule has 0 radical (unpaired) electrons. The minimum Gasteiger partial charge on any atom is -0.299 e. The fourth-order valence-corrected chi connectivity index (χ4v) is 5.92. The van der Waals surface area contributed by atoms with E-state index in [2.05, 4.69) is 24.3 Å². The molecule has 0 aliphatic heterocycles. The van der Waals surface area contributed by atoms with Gasteiger partial charge in [0, 0.05) is 11.8 Å². The lowest BCUT2D eigenvalue weighted by atomic mass is 9.79. The van der Waals surface area contributed by atoms with Gasteiger partial charge in [0.15, 0.2) is 0 Å². The van der Waals surface area contributed by atoms with Crippen LogP contribution in [0.25, 0.3) is 0 Å². The number of fused-ring (bicyclic) bond motifs is 6. The number of carbonyl (C=O) groups excluding carboxylic acids is 1. The topological polar surface area (TPSA) is 17.1 Å². The first-order valence-electron chi connectivity index (χ1n) is 8.43. The van der Waals surface area contributed by atoms with Crippen molar-refractivity contribution in [2.75, 3.05) is 0 Å². The highest BCUT2D eigenvalue weighted by atomic mass is 16.1. The molecule has 1 aromatic rings. The Labute approximate surface area is 120 Å². The van der Waals surface area contributed by atoms with E-state index >= 15 is 0 Å². The highest BCUT2D eigenvalue weighted by Crippen LogP contribution is 2.70. The molecule has 0 aromatic heterocycles. The highest BCUT2D eigenvalue weighted by molar-refractivity contribution is 5.87. The first kappa shape index (κ1) is 11.5. The van der Waals surface area contributed by atoms with Crippen molar-refractivity contribution in [1.29, 1.82) is 0 Å². The predicted molar refractivity (Wildman–Crippen MR) is 78.3 cm³/mol. The summed E-state index contributed by atoms with van der Waals surface area (Å²) in [5, 5.41) is 0. The average molecular weight is 266 g/mol. The molecule has 3 fully saturated rings. The Kier molecular flexibility index (Phi) is 2.29. The van der Waals surface area contributed by atoms with E-state index in [-0.39, 0.29) is 0 Å². The van der Waals surface area contributed by atoms with Gasteiger partial charge in [-0.1, -0.05) is 24.3 Å². The first-order chi connectivity index (χ1) is 9.83. The van der Waals surface area contributed by atoms with E-state index in [9.17, 15) is 4.79 Å². The van der Waals surface area contributed by atoms with Gasteiger partial charge in [-0.3, -0.25) is 4.79 Å². The maximum absolute atomic E-state index is 12.9. The number of aryl methyl sites for hydroxylation is 1. The molecule has 1 heteroatoms. The quantitative estimate of drug-likeness (QED) is 0.798. The van der Waals surface area contributed by atoms with E-state index in [1.165, 1.54) is 30.4 Å². The van der Waals surface area contributed by atoms with Crippen molar-refractivity contribution in [2.45, 2.75) is 38.5 Å². The number of rotatable bonds is 2. The molecule has 0 amide bonds. The molecular formula is C19H22O. The Morgan fingerprint density at radius 1 is 0.950 bits per heavy atom. The van der Waals surface area contributed by atoms with Crippen LogP contribution in [0, 0.1) is 35.5 Å². The van der Waals surface area contributed by atoms with Crippen LogP contribution < -0.4 is 0 Å². The van der Waals surface area contributed by atoms with Gasteiger partial charge in [-0.2, -0.15) is 0 Å². The molecule has 5 unspecified atom stereocenters. The summed E-state index contributed by atoms with van der Waals surface area (Å²) in [6.07, 6.45) is 7.52. The second-order valence-electron chi connectivity index (χ2n) is 7.62. The van der Waals surface area contributed by atoms with E-state index in [0.29, 0.717) is 17.6 Å². The molecule has 1 nitrogen and oxygen atoms in total. The van der Waals surface area contributed by atoms with Crippen molar-refractivity contribution >= 4 is 5.78 Å². The molecule has 3 saturated carbocycles. The predicted octanol–water partition coefficient (Wildman–Crippen LogP) is 3.65. The summed E-state index contributed by atoms with van der Waals surface area (Å²) < 4.78 is 0. The third kappa shape index (κ3) is 1.47. The van der Waals surface area contributed by atoms with Crippen LogP contribution in [0.4, 0.5) is 0 Å². The molecule has 20 heavy (non-hydrogen) atoms. The lowest BCUT2D eigenvalue weighted by molar-refractivity contribution is -0.125. The number of benzene rings is 1. The summed E-state index contributed by atoms with van der Waals surface area (Å²) in [4.78, 5) is 12.9. The van der Waals surface area contributed by atoms with Crippen molar-refractivity contribution in [1.82, 2.24) is 0 Å². The van der Waals surface area contributed by atoms with Crippen molar-refractivity contribution in [3.8, 4) is 0 Å². The van der Waals surface area contributed by atoms with Crippen molar-refractivity contribution in [2.24, 2.45) is 35.5 Å². The van der Waals surface area contributed by atoms with E-state index in [1.807, 2.05) is 0 Å². The summed E-state index contributed by atoms with van der Waals surface area (Å²) in [5.41, 5.74) is 2.92. The van der Waals surface area contributed by atoms with Crippen LogP contribution in [0.3, 0.4) is 0 Å². The average Bonchev–Trinajstić information content (AvgIpc) is 2.93. The van der Waals surface area contributed by atoms with Crippen LogP contribution in [0.5, 0.6) is 0 Å². The van der Waals surface area contributed by atoms with Crippen LogP contribution in [-0.4, -0.2) is 5.78 Å². The minimum absolute atomic E-state index is 0.333. The van der Waals surface area contributed by atoms with Gasteiger partial charge in [0.1, 0.15) is 5.78 Å². The molecular weight excluding hydrogens is 244 g/mol. The molecule has 0 heterocycles. The van der Waals surface area contributed by atoms with Crippen LogP contribution in [0.1, 0.15) is 36.8 Å². The van der Waals surface area contributed by atoms with Gasteiger partial charge in [-0.25, -0.2) is 0 Å². The van der Waals surface area contributed by atoms with Gasteiger partial charge >= 0.3 is 0 Å². The fourth-order valence-electron chi connectivity index (χ4n) is 5.92. The second kappa shape index (κ2) is 3.96. The maximum atomic E-state index is 12.9. The number of hydrogen-bond acceptors (Lipinski definition) is 1. The zero-order valence-electron chi connectivity index (χ0n) is 11.9. The van der Waals surface area contributed by atoms with Gasteiger partial charge < -0.3 is 0 Å². The summed E-state index contributed by atoms with van der Waals surface area (Å²) in [6, 6.07) is 8.72. The highest BCUT2D eigenvalue weighted by Gasteiger charge is 2.67. The minimum atomic E-state index is 0.333. The Morgan fingerprint density at radius 3 is 2.40 bits per heavy atom. The molecule has 0 saturated heterocycles. The maximum Gasteiger partial charge on any atom is 0.139 e. The Hall–Kier alpha value is -1.11. The Bertz CT molecular complexity index is 559. The summed E-state index contributed by atoms with van der Waals surface area (Å²) in [7, 11) is 0. The molecule has 5 atom stereocenters. The molecule has 2 bridgehead atoms. The van der Waals surface area contributed by atoms with Crippen LogP contribution >= 0.6 is 0 Å². The summed E-state index contributed by atoms with van der Waals surface area (Å²) >= 11 is 0. The molecule has 0 N–H and O–H groups in total. The number of Topliss-reactive ketones (excluding diaryl/α,β-unsaturated/α-hetero) is 1. The van der Waals surface area contributed by atoms with Crippen molar-refractivity contribution in [3.63, 3.8) is 0 Å². The number of carbonyl (C=O) groups is 1. The monoisotopic (exact) mass is 266 g/mol. The lowest BCUT2D eigenvalue weighted by Gasteiger charge is -2.24. The Balaban J connectivity index is 1.34. The normalized spacial score (nSPS) is 44.0. The number of ketones is 1. The fraction of sp³-hybridized carbons (Fsp3) is 0.632. The van der Waals surface area contributed by atoms with Gasteiger partial charge in [-0.05, 0) is 73.3 Å². The smallest absolute Gasteiger partial charge is 0.139 e. The third-order valence-corrected chi connectivity index (χ3v) is 6.81. The van der Waals surface area contributed by atoms with Gasteiger partial charge in [0.2, 0.25) is 0 Å². The molecule has 4 aliphatic rings. The van der Waals surface area contributed by atoms with Gasteiger partial charge in [0.25, 0.3) is 0 Å². The zero-order valence-corrected chi connectivity index (χ0v) is 11.9. The molecule has 5 rings (SSSR count). The van der Waals surface area contributed by atoms with E-state index < -0.39 is 0 Å². The Morgan fingerprint density at radius 2 is 1.65 bits per heavy atom. The van der Waals surface area contributed by atoms with E-state index in [1.54, 1.807) is 0 Å². The second-order valence-corrected chi connectivity index (χ2v) is 7.62. The van der Waals surface area contributed by atoms with Gasteiger partial charge in [-0.15, -0.1) is 0 Å². The largest absolute Gasteiger partial charge is 0.299 e. The van der Waals surface area contributed by atoms with E-state index in [4.69, 9.17) is 0 Å². The number of hydrogen-bond donors (Lipinski definition) is 0. The molecule has 1 aromatic carbocycles. The standard InChI is InChI=1S/C19H22O/c20-19(18-16-13-6-7-14(10-13)17(16)18)15-8-5-11-3-1-2-4-12(11)9-15/h1-4,13-18H,5-10H2.